The Kier molecular flexibility index (Phi) is 4.83. The molecule has 0 saturated carbocycles. The van der Waals surface area contributed by atoms with Gasteiger partial charge in [0, 0.05) is 12.2 Å². The summed E-state index contributed by atoms with van der Waals surface area (Å²) in [6.45, 7) is 4.85. The number of carbonyl (C=O) groups is 1. The zero-order chi connectivity index (χ0) is 12.0. The van der Waals surface area contributed by atoms with Gasteiger partial charge in [0.1, 0.15) is 0 Å². The van der Waals surface area contributed by atoms with Crippen molar-refractivity contribution >= 4 is 11.6 Å². The number of aryl methyl sites for hydroxylation is 1. The maximum atomic E-state index is 11.6. The lowest BCUT2D eigenvalue weighted by Gasteiger charge is -2.07. The van der Waals surface area contributed by atoms with E-state index < -0.39 is 0 Å². The molecule has 0 fully saturated rings. The summed E-state index contributed by atoms with van der Waals surface area (Å²) >= 11 is 0. The van der Waals surface area contributed by atoms with Crippen molar-refractivity contribution in [2.24, 2.45) is 0 Å². The van der Waals surface area contributed by atoms with Gasteiger partial charge in [-0.25, -0.2) is 0 Å². The summed E-state index contributed by atoms with van der Waals surface area (Å²) in [6, 6.07) is 5.77. The highest BCUT2D eigenvalue weighted by molar-refractivity contribution is 5.80. The van der Waals surface area contributed by atoms with E-state index in [0.717, 1.165) is 30.5 Å². The number of nitrogens with one attached hydrogen (secondary N) is 1. The predicted molar refractivity (Wildman–Crippen MR) is 67.2 cm³/mol. The van der Waals surface area contributed by atoms with Crippen molar-refractivity contribution in [1.82, 2.24) is 5.32 Å². The van der Waals surface area contributed by atoms with E-state index in [-0.39, 0.29) is 5.91 Å². The van der Waals surface area contributed by atoms with Crippen LogP contribution in [0.15, 0.2) is 18.2 Å². The lowest BCUT2D eigenvalue weighted by molar-refractivity contribution is -0.120. The molecule has 0 aliphatic carbocycles. The van der Waals surface area contributed by atoms with Crippen molar-refractivity contribution < 1.29 is 4.79 Å². The molecular weight excluding hydrogens is 200 g/mol. The summed E-state index contributed by atoms with van der Waals surface area (Å²) < 4.78 is 0. The second-order valence-electron chi connectivity index (χ2n) is 4.08. The first kappa shape index (κ1) is 12.6. The van der Waals surface area contributed by atoms with Gasteiger partial charge in [-0.15, -0.1) is 0 Å². The van der Waals surface area contributed by atoms with Gasteiger partial charge in [0.05, 0.1) is 6.42 Å². The van der Waals surface area contributed by atoms with Gasteiger partial charge in [0.2, 0.25) is 5.91 Å². The Bertz CT molecular complexity index is 361. The number of rotatable bonds is 5. The highest BCUT2D eigenvalue weighted by atomic mass is 16.1. The molecule has 1 aromatic carbocycles. The summed E-state index contributed by atoms with van der Waals surface area (Å²) in [5.74, 6) is 0.0470. The van der Waals surface area contributed by atoms with Gasteiger partial charge in [-0.05, 0) is 25.0 Å². The van der Waals surface area contributed by atoms with Gasteiger partial charge in [0.15, 0.2) is 0 Å². The smallest absolute Gasteiger partial charge is 0.224 e. The van der Waals surface area contributed by atoms with Crippen molar-refractivity contribution in [3.63, 3.8) is 0 Å². The molecule has 0 aliphatic rings. The molecule has 0 heterocycles. The SMILES string of the molecule is CCCCNC(=O)Cc1cc(C)ccc1N. The number of hydrogen-bond donors (Lipinski definition) is 2. The molecule has 3 N–H and O–H groups in total. The average molecular weight is 220 g/mol. The van der Waals surface area contributed by atoms with E-state index in [2.05, 4.69) is 12.2 Å². The molecule has 0 unspecified atom stereocenters. The van der Waals surface area contributed by atoms with Gasteiger partial charge in [-0.2, -0.15) is 0 Å². The van der Waals surface area contributed by atoms with Crippen LogP contribution in [0.5, 0.6) is 0 Å². The molecule has 0 aliphatic heterocycles. The number of nitrogen functional groups attached to an aromatic ring is 1. The number of hydrogen-bond acceptors (Lipinski definition) is 2. The molecule has 0 spiro atoms. The van der Waals surface area contributed by atoms with Crippen molar-refractivity contribution in [3.8, 4) is 0 Å². The van der Waals surface area contributed by atoms with Crippen LogP contribution in [0.3, 0.4) is 0 Å². The normalized spacial score (nSPS) is 10.1. The maximum absolute atomic E-state index is 11.6. The van der Waals surface area contributed by atoms with E-state index in [9.17, 15) is 4.79 Å². The number of carbonyl (C=O) groups excluding carboxylic acids is 1. The number of benzene rings is 1. The largest absolute Gasteiger partial charge is 0.398 e. The summed E-state index contributed by atoms with van der Waals surface area (Å²) in [5.41, 5.74) is 8.54. The van der Waals surface area contributed by atoms with Gasteiger partial charge in [0.25, 0.3) is 0 Å². The first-order chi connectivity index (χ1) is 7.63. The molecule has 0 aromatic heterocycles. The fraction of sp³-hybridized carbons (Fsp3) is 0.462. The topological polar surface area (TPSA) is 55.1 Å². The van der Waals surface area contributed by atoms with Crippen LogP contribution in [-0.4, -0.2) is 12.5 Å². The predicted octanol–water partition coefficient (Wildman–Crippen LogP) is 2.04. The monoisotopic (exact) mass is 220 g/mol. The third-order valence-electron chi connectivity index (χ3n) is 2.50. The molecule has 1 rings (SSSR count). The average Bonchev–Trinajstić information content (AvgIpc) is 2.24. The molecule has 0 radical (unpaired) electrons. The fourth-order valence-corrected chi connectivity index (χ4v) is 1.53. The summed E-state index contributed by atoms with van der Waals surface area (Å²) in [4.78, 5) is 11.6. The second kappa shape index (κ2) is 6.16. The van der Waals surface area contributed by atoms with Crippen LogP contribution in [-0.2, 0) is 11.2 Å². The first-order valence-electron chi connectivity index (χ1n) is 5.75. The lowest BCUT2D eigenvalue weighted by Crippen LogP contribution is -2.26. The minimum atomic E-state index is 0.0470. The highest BCUT2D eigenvalue weighted by Gasteiger charge is 2.05. The molecule has 0 atom stereocenters. The number of nitrogens with two attached hydrogens (primary N) is 1. The van der Waals surface area contributed by atoms with Crippen LogP contribution in [0, 0.1) is 6.92 Å². The highest BCUT2D eigenvalue weighted by Crippen LogP contribution is 2.14. The van der Waals surface area contributed by atoms with Gasteiger partial charge < -0.3 is 11.1 Å². The first-order valence-corrected chi connectivity index (χ1v) is 5.75. The maximum Gasteiger partial charge on any atom is 0.224 e. The Labute approximate surface area is 97.0 Å². The van der Waals surface area contributed by atoms with Crippen molar-refractivity contribution in [1.29, 1.82) is 0 Å². The number of amides is 1. The number of unbranched alkanes of at least 4 members (excludes halogenated alkanes) is 1. The summed E-state index contributed by atoms with van der Waals surface area (Å²) in [7, 11) is 0. The van der Waals surface area contributed by atoms with E-state index in [1.807, 2.05) is 25.1 Å². The van der Waals surface area contributed by atoms with E-state index >= 15 is 0 Å². The van der Waals surface area contributed by atoms with E-state index in [4.69, 9.17) is 5.73 Å². The van der Waals surface area contributed by atoms with E-state index in [1.54, 1.807) is 0 Å². The minimum absolute atomic E-state index is 0.0470. The van der Waals surface area contributed by atoms with E-state index in [0.29, 0.717) is 12.1 Å². The summed E-state index contributed by atoms with van der Waals surface area (Å²) in [5, 5.41) is 2.88. The molecule has 3 heteroatoms. The third kappa shape index (κ3) is 3.93. The Balaban J connectivity index is 2.52. The van der Waals surface area contributed by atoms with Gasteiger partial charge in [-0.1, -0.05) is 31.0 Å². The molecule has 1 aromatic rings. The van der Waals surface area contributed by atoms with Crippen molar-refractivity contribution in [2.45, 2.75) is 33.1 Å². The van der Waals surface area contributed by atoms with Crippen LogP contribution < -0.4 is 11.1 Å². The molecule has 88 valence electrons. The van der Waals surface area contributed by atoms with Crippen LogP contribution in [0.4, 0.5) is 5.69 Å². The van der Waals surface area contributed by atoms with E-state index in [1.165, 1.54) is 0 Å². The molecule has 16 heavy (non-hydrogen) atoms. The molecule has 0 saturated heterocycles. The van der Waals surface area contributed by atoms with Crippen LogP contribution in [0.2, 0.25) is 0 Å². The standard InChI is InChI=1S/C13H20N2O/c1-3-4-7-15-13(16)9-11-8-10(2)5-6-12(11)14/h5-6,8H,3-4,7,9,14H2,1-2H3,(H,15,16). The molecular formula is C13H20N2O. The molecule has 3 nitrogen and oxygen atoms in total. The van der Waals surface area contributed by atoms with Crippen molar-refractivity contribution in [3.05, 3.63) is 29.3 Å². The number of anilines is 1. The zero-order valence-corrected chi connectivity index (χ0v) is 10.0. The third-order valence-corrected chi connectivity index (χ3v) is 2.50. The summed E-state index contributed by atoms with van der Waals surface area (Å²) in [6.07, 6.45) is 2.49. The fourth-order valence-electron chi connectivity index (χ4n) is 1.53. The Morgan fingerprint density at radius 1 is 1.44 bits per heavy atom. The Morgan fingerprint density at radius 3 is 2.88 bits per heavy atom. The quantitative estimate of drug-likeness (QED) is 0.589. The van der Waals surface area contributed by atoms with Crippen LogP contribution in [0.1, 0.15) is 30.9 Å². The Morgan fingerprint density at radius 2 is 2.19 bits per heavy atom. The zero-order valence-electron chi connectivity index (χ0n) is 10.0. The van der Waals surface area contributed by atoms with Crippen molar-refractivity contribution in [2.75, 3.05) is 12.3 Å². The minimum Gasteiger partial charge on any atom is -0.398 e. The molecule has 1 amide bonds. The molecule has 0 bridgehead atoms. The Hall–Kier alpha value is -1.51. The van der Waals surface area contributed by atoms with Crippen LogP contribution >= 0.6 is 0 Å². The second-order valence-corrected chi connectivity index (χ2v) is 4.08. The van der Waals surface area contributed by atoms with Crippen LogP contribution in [0.25, 0.3) is 0 Å². The lowest BCUT2D eigenvalue weighted by atomic mass is 10.1. The van der Waals surface area contributed by atoms with Gasteiger partial charge >= 0.3 is 0 Å². The van der Waals surface area contributed by atoms with Gasteiger partial charge in [-0.3, -0.25) is 4.79 Å².